The predicted molar refractivity (Wildman–Crippen MR) is 89.1 cm³/mol. The number of nitrogens with zero attached hydrogens (tertiary/aromatic N) is 4. The third kappa shape index (κ3) is 3.64. The summed E-state index contributed by atoms with van der Waals surface area (Å²) in [4.78, 5) is 50.9. The third-order valence-corrected chi connectivity index (χ3v) is 3.59. The van der Waals surface area contributed by atoms with E-state index in [-0.39, 0.29) is 18.1 Å². The number of aromatic nitrogens is 5. The van der Waals surface area contributed by atoms with Crippen LogP contribution in [0, 0.1) is 0 Å². The number of hydrogen-bond donors (Lipinski definition) is 3. The minimum absolute atomic E-state index is 0.0937. The van der Waals surface area contributed by atoms with Gasteiger partial charge in [0.2, 0.25) is 11.7 Å². The SMILES string of the molecule is NC(=O)C(=O)C(Cc1ccc[nH]1)NC(=O)c1cncn1-c1ncccn1. The lowest BCUT2D eigenvalue weighted by Crippen LogP contribution is -2.47. The van der Waals surface area contributed by atoms with E-state index in [1.165, 1.54) is 29.5 Å². The van der Waals surface area contributed by atoms with Gasteiger partial charge in [0, 0.05) is 30.7 Å². The summed E-state index contributed by atoms with van der Waals surface area (Å²) in [6.45, 7) is 0. The molecule has 3 aromatic rings. The van der Waals surface area contributed by atoms with Gasteiger partial charge >= 0.3 is 0 Å². The molecule has 0 spiro atoms. The Balaban J connectivity index is 1.83. The van der Waals surface area contributed by atoms with Crippen LogP contribution < -0.4 is 11.1 Å². The maximum Gasteiger partial charge on any atom is 0.287 e. The molecule has 0 bridgehead atoms. The Morgan fingerprint density at radius 1 is 1.23 bits per heavy atom. The summed E-state index contributed by atoms with van der Waals surface area (Å²) in [6.07, 6.45) is 7.50. The van der Waals surface area contributed by atoms with E-state index in [9.17, 15) is 14.4 Å². The quantitative estimate of drug-likeness (QED) is 0.482. The van der Waals surface area contributed by atoms with Crippen LogP contribution in [0.4, 0.5) is 0 Å². The largest absolute Gasteiger partial charge is 0.365 e. The van der Waals surface area contributed by atoms with Crippen molar-refractivity contribution in [2.24, 2.45) is 5.73 Å². The third-order valence-electron chi connectivity index (χ3n) is 3.59. The van der Waals surface area contributed by atoms with Gasteiger partial charge in [0.05, 0.1) is 6.20 Å². The molecule has 0 saturated heterocycles. The molecular formula is C16H15N7O3. The van der Waals surface area contributed by atoms with E-state index in [0.29, 0.717) is 5.69 Å². The lowest BCUT2D eigenvalue weighted by atomic mass is 10.1. The highest BCUT2D eigenvalue weighted by molar-refractivity contribution is 6.38. The van der Waals surface area contributed by atoms with Crippen molar-refractivity contribution in [3.63, 3.8) is 0 Å². The van der Waals surface area contributed by atoms with Crippen LogP contribution in [0.2, 0.25) is 0 Å². The van der Waals surface area contributed by atoms with Crippen LogP contribution >= 0.6 is 0 Å². The van der Waals surface area contributed by atoms with E-state index in [1.807, 2.05) is 0 Å². The van der Waals surface area contributed by atoms with Crippen LogP contribution in [0.1, 0.15) is 16.2 Å². The molecule has 0 radical (unpaired) electrons. The number of amides is 2. The number of ketones is 1. The topological polar surface area (TPSA) is 149 Å². The molecule has 2 amide bonds. The Morgan fingerprint density at radius 3 is 2.65 bits per heavy atom. The Hall–Kier alpha value is -3.82. The molecular weight excluding hydrogens is 338 g/mol. The number of imidazole rings is 1. The maximum atomic E-state index is 12.6. The molecule has 10 heteroatoms. The van der Waals surface area contributed by atoms with Crippen molar-refractivity contribution in [1.29, 1.82) is 0 Å². The molecule has 26 heavy (non-hydrogen) atoms. The van der Waals surface area contributed by atoms with Gasteiger partial charge in [-0.05, 0) is 18.2 Å². The number of primary amides is 1. The summed E-state index contributed by atoms with van der Waals surface area (Å²) in [7, 11) is 0. The Labute approximate surface area is 147 Å². The standard InChI is InChI=1S/C16H15N7O3/c17-14(25)13(24)11(7-10-3-1-4-19-10)22-15(26)12-8-18-9-23(12)16-20-5-2-6-21-16/h1-6,8-9,11,19H,7H2,(H2,17,25)(H,22,26). The molecule has 1 atom stereocenters. The normalized spacial score (nSPS) is 11.7. The van der Waals surface area contributed by atoms with Crippen molar-refractivity contribution in [1.82, 2.24) is 29.8 Å². The van der Waals surface area contributed by atoms with Crippen LogP contribution in [0.25, 0.3) is 5.95 Å². The first-order valence-corrected chi connectivity index (χ1v) is 7.62. The van der Waals surface area contributed by atoms with Gasteiger partial charge in [-0.1, -0.05) is 0 Å². The lowest BCUT2D eigenvalue weighted by Gasteiger charge is -2.16. The van der Waals surface area contributed by atoms with Crippen molar-refractivity contribution in [2.45, 2.75) is 12.5 Å². The fourth-order valence-electron chi connectivity index (χ4n) is 2.37. The minimum atomic E-state index is -1.12. The Bertz CT molecular complexity index is 918. The second-order valence-corrected chi connectivity index (χ2v) is 5.35. The van der Waals surface area contributed by atoms with Crippen molar-refractivity contribution in [3.05, 3.63) is 60.7 Å². The van der Waals surface area contributed by atoms with Gasteiger partial charge < -0.3 is 16.0 Å². The number of rotatable bonds is 7. The number of nitrogens with two attached hydrogens (primary N) is 1. The van der Waals surface area contributed by atoms with Crippen LogP contribution in [-0.2, 0) is 16.0 Å². The van der Waals surface area contributed by atoms with Gasteiger partial charge in [0.15, 0.2) is 0 Å². The highest BCUT2D eigenvalue weighted by Crippen LogP contribution is 2.08. The van der Waals surface area contributed by atoms with Crippen LogP contribution in [-0.4, -0.2) is 48.1 Å². The molecule has 4 N–H and O–H groups in total. The average Bonchev–Trinajstić information content (AvgIpc) is 3.32. The van der Waals surface area contributed by atoms with Crippen LogP contribution in [0.15, 0.2) is 49.3 Å². The van der Waals surface area contributed by atoms with Crippen molar-refractivity contribution in [3.8, 4) is 5.95 Å². The van der Waals surface area contributed by atoms with Gasteiger partial charge in [0.1, 0.15) is 18.1 Å². The first-order valence-electron chi connectivity index (χ1n) is 7.62. The Morgan fingerprint density at radius 2 is 2.00 bits per heavy atom. The van der Waals surface area contributed by atoms with Gasteiger partial charge in [0.25, 0.3) is 11.8 Å². The van der Waals surface area contributed by atoms with E-state index < -0.39 is 23.6 Å². The average molecular weight is 353 g/mol. The molecule has 10 nitrogen and oxygen atoms in total. The van der Waals surface area contributed by atoms with E-state index in [4.69, 9.17) is 5.73 Å². The summed E-state index contributed by atoms with van der Waals surface area (Å²) < 4.78 is 1.37. The number of carbonyl (C=O) groups is 3. The summed E-state index contributed by atoms with van der Waals surface area (Å²) in [5.74, 6) is -2.38. The first kappa shape index (κ1) is 17.0. The molecule has 1 unspecified atom stereocenters. The van der Waals surface area contributed by atoms with E-state index >= 15 is 0 Å². The summed E-state index contributed by atoms with van der Waals surface area (Å²) in [5, 5.41) is 2.52. The molecule has 3 aromatic heterocycles. The van der Waals surface area contributed by atoms with Gasteiger partial charge in [-0.3, -0.25) is 19.0 Å². The monoisotopic (exact) mass is 353 g/mol. The molecule has 0 aliphatic carbocycles. The molecule has 0 fully saturated rings. The fraction of sp³-hybridized carbons (Fsp3) is 0.125. The number of nitrogens with one attached hydrogen (secondary N) is 2. The Kier molecular flexibility index (Phi) is 4.83. The van der Waals surface area contributed by atoms with Crippen molar-refractivity contribution in [2.75, 3.05) is 0 Å². The summed E-state index contributed by atoms with van der Waals surface area (Å²) in [5.41, 5.74) is 5.88. The zero-order chi connectivity index (χ0) is 18.5. The number of hydrogen-bond acceptors (Lipinski definition) is 6. The summed E-state index contributed by atoms with van der Waals surface area (Å²) >= 11 is 0. The molecule has 3 heterocycles. The zero-order valence-electron chi connectivity index (χ0n) is 13.5. The second kappa shape index (κ2) is 7.38. The van der Waals surface area contributed by atoms with Crippen molar-refractivity contribution < 1.29 is 14.4 Å². The van der Waals surface area contributed by atoms with E-state index in [0.717, 1.165) is 0 Å². The van der Waals surface area contributed by atoms with Crippen LogP contribution in [0.5, 0.6) is 0 Å². The maximum absolute atomic E-state index is 12.6. The number of carbonyl (C=O) groups excluding carboxylic acids is 3. The molecule has 0 aromatic carbocycles. The molecule has 0 aliphatic rings. The fourth-order valence-corrected chi connectivity index (χ4v) is 2.37. The first-order chi connectivity index (χ1) is 12.6. The predicted octanol–water partition coefficient (Wildman–Crippen LogP) is -0.614. The molecule has 0 aliphatic heterocycles. The minimum Gasteiger partial charge on any atom is -0.365 e. The summed E-state index contributed by atoms with van der Waals surface area (Å²) in [6, 6.07) is 4.00. The lowest BCUT2D eigenvalue weighted by molar-refractivity contribution is -0.137. The highest BCUT2D eigenvalue weighted by Gasteiger charge is 2.27. The molecule has 3 rings (SSSR count). The zero-order valence-corrected chi connectivity index (χ0v) is 13.5. The second-order valence-electron chi connectivity index (χ2n) is 5.35. The van der Waals surface area contributed by atoms with E-state index in [2.05, 4.69) is 25.3 Å². The van der Waals surface area contributed by atoms with Gasteiger partial charge in [-0.2, -0.15) is 0 Å². The number of H-pyrrole nitrogens is 1. The number of aromatic amines is 1. The van der Waals surface area contributed by atoms with Crippen molar-refractivity contribution >= 4 is 17.6 Å². The number of Topliss-reactive ketones (excluding diaryl/α,β-unsaturated/α-hetero) is 1. The highest BCUT2D eigenvalue weighted by atomic mass is 16.2. The smallest absolute Gasteiger partial charge is 0.287 e. The van der Waals surface area contributed by atoms with Gasteiger partial charge in [-0.25, -0.2) is 15.0 Å². The molecule has 0 saturated carbocycles. The van der Waals surface area contributed by atoms with E-state index in [1.54, 1.807) is 24.4 Å². The molecule has 132 valence electrons. The van der Waals surface area contributed by atoms with Crippen LogP contribution in [0.3, 0.4) is 0 Å². The van der Waals surface area contributed by atoms with Gasteiger partial charge in [-0.15, -0.1) is 0 Å².